The molecule has 0 aromatic carbocycles. The van der Waals surface area contributed by atoms with Crippen LogP contribution in [0.1, 0.15) is 32.4 Å². The van der Waals surface area contributed by atoms with E-state index in [1.165, 1.54) is 12.8 Å². The van der Waals surface area contributed by atoms with Crippen LogP contribution < -0.4 is 5.32 Å². The standard InChI is InChI=1S/C13H22N4/c1-10(2)8-17(12-4-5-12)9-11-6-16-13(14-3)7-15-11/h6-7,10,12H,4-5,8-9H2,1-3H3,(H,14,16). The minimum Gasteiger partial charge on any atom is -0.372 e. The summed E-state index contributed by atoms with van der Waals surface area (Å²) in [6, 6.07) is 0.781. The molecule has 0 atom stereocenters. The van der Waals surface area contributed by atoms with E-state index < -0.39 is 0 Å². The molecule has 0 radical (unpaired) electrons. The van der Waals surface area contributed by atoms with Crippen LogP contribution >= 0.6 is 0 Å². The van der Waals surface area contributed by atoms with Gasteiger partial charge in [-0.25, -0.2) is 4.98 Å². The smallest absolute Gasteiger partial charge is 0.144 e. The summed E-state index contributed by atoms with van der Waals surface area (Å²) in [7, 11) is 1.86. The summed E-state index contributed by atoms with van der Waals surface area (Å²) in [6.07, 6.45) is 6.36. The predicted molar refractivity (Wildman–Crippen MR) is 69.8 cm³/mol. The van der Waals surface area contributed by atoms with Gasteiger partial charge < -0.3 is 5.32 Å². The Kier molecular flexibility index (Phi) is 3.94. The first-order valence-corrected chi connectivity index (χ1v) is 6.41. The van der Waals surface area contributed by atoms with Crippen molar-refractivity contribution in [2.24, 2.45) is 5.92 Å². The largest absolute Gasteiger partial charge is 0.372 e. The number of nitrogens with zero attached hydrogens (tertiary/aromatic N) is 3. The van der Waals surface area contributed by atoms with Crippen molar-refractivity contribution < 1.29 is 0 Å². The molecular weight excluding hydrogens is 212 g/mol. The van der Waals surface area contributed by atoms with Crippen LogP contribution in [-0.2, 0) is 6.54 Å². The summed E-state index contributed by atoms with van der Waals surface area (Å²) in [5.74, 6) is 1.54. The van der Waals surface area contributed by atoms with E-state index >= 15 is 0 Å². The van der Waals surface area contributed by atoms with Gasteiger partial charge in [0.2, 0.25) is 0 Å². The van der Waals surface area contributed by atoms with Crippen molar-refractivity contribution in [3.05, 3.63) is 18.1 Å². The summed E-state index contributed by atoms with van der Waals surface area (Å²) in [4.78, 5) is 11.3. The third kappa shape index (κ3) is 3.66. The summed E-state index contributed by atoms with van der Waals surface area (Å²) in [5, 5.41) is 2.99. The fraction of sp³-hybridized carbons (Fsp3) is 0.692. The van der Waals surface area contributed by atoms with E-state index in [9.17, 15) is 0 Å². The first-order chi connectivity index (χ1) is 8.19. The van der Waals surface area contributed by atoms with Gasteiger partial charge in [0.15, 0.2) is 0 Å². The SMILES string of the molecule is CNc1cnc(CN(CC(C)C)C2CC2)cn1. The molecule has 0 spiro atoms. The lowest BCUT2D eigenvalue weighted by molar-refractivity contribution is 0.223. The van der Waals surface area contributed by atoms with Crippen LogP contribution in [0, 0.1) is 5.92 Å². The third-order valence-corrected chi connectivity index (χ3v) is 2.99. The molecule has 0 unspecified atom stereocenters. The molecular formula is C13H22N4. The van der Waals surface area contributed by atoms with Crippen molar-refractivity contribution in [3.63, 3.8) is 0 Å². The van der Waals surface area contributed by atoms with Gasteiger partial charge >= 0.3 is 0 Å². The molecule has 1 aliphatic rings. The Morgan fingerprint density at radius 3 is 2.59 bits per heavy atom. The molecule has 94 valence electrons. The van der Waals surface area contributed by atoms with Crippen LogP contribution in [0.25, 0.3) is 0 Å². The minimum absolute atomic E-state index is 0.708. The van der Waals surface area contributed by atoms with E-state index in [1.54, 1.807) is 6.20 Å². The molecule has 1 heterocycles. The molecule has 1 aliphatic carbocycles. The fourth-order valence-electron chi connectivity index (χ4n) is 2.03. The van der Waals surface area contributed by atoms with E-state index in [0.717, 1.165) is 30.6 Å². The number of nitrogens with one attached hydrogen (secondary N) is 1. The highest BCUT2D eigenvalue weighted by Gasteiger charge is 2.29. The van der Waals surface area contributed by atoms with E-state index in [4.69, 9.17) is 0 Å². The number of rotatable bonds is 6. The zero-order chi connectivity index (χ0) is 12.3. The molecule has 1 aromatic heterocycles. The van der Waals surface area contributed by atoms with Crippen molar-refractivity contribution >= 4 is 5.82 Å². The quantitative estimate of drug-likeness (QED) is 0.818. The van der Waals surface area contributed by atoms with Gasteiger partial charge in [0, 0.05) is 26.2 Å². The monoisotopic (exact) mass is 234 g/mol. The Hall–Kier alpha value is -1.16. The zero-order valence-electron chi connectivity index (χ0n) is 11.0. The minimum atomic E-state index is 0.708. The summed E-state index contributed by atoms with van der Waals surface area (Å²) < 4.78 is 0. The van der Waals surface area contributed by atoms with Crippen LogP contribution in [0.2, 0.25) is 0 Å². The lowest BCUT2D eigenvalue weighted by Gasteiger charge is -2.23. The Morgan fingerprint density at radius 2 is 2.12 bits per heavy atom. The maximum atomic E-state index is 4.44. The molecule has 0 bridgehead atoms. The third-order valence-electron chi connectivity index (χ3n) is 2.99. The lowest BCUT2D eigenvalue weighted by Crippen LogP contribution is -2.29. The van der Waals surface area contributed by atoms with Gasteiger partial charge in [-0.2, -0.15) is 0 Å². The van der Waals surface area contributed by atoms with Gasteiger partial charge in [0.25, 0.3) is 0 Å². The van der Waals surface area contributed by atoms with Crippen molar-refractivity contribution in [1.29, 1.82) is 0 Å². The van der Waals surface area contributed by atoms with Crippen LogP contribution in [0.4, 0.5) is 5.82 Å². The predicted octanol–water partition coefficient (Wildman–Crippen LogP) is 2.14. The number of aromatic nitrogens is 2. The molecule has 4 nitrogen and oxygen atoms in total. The maximum absolute atomic E-state index is 4.44. The van der Waals surface area contributed by atoms with Crippen molar-refractivity contribution in [3.8, 4) is 0 Å². The van der Waals surface area contributed by atoms with E-state index in [1.807, 2.05) is 13.2 Å². The van der Waals surface area contributed by atoms with Gasteiger partial charge in [0.05, 0.1) is 18.1 Å². The van der Waals surface area contributed by atoms with Gasteiger partial charge in [-0.05, 0) is 18.8 Å². The summed E-state index contributed by atoms with van der Waals surface area (Å²) in [5.41, 5.74) is 1.07. The van der Waals surface area contributed by atoms with Crippen LogP contribution in [0.15, 0.2) is 12.4 Å². The molecule has 0 saturated heterocycles. The highest BCUT2D eigenvalue weighted by atomic mass is 15.2. The Balaban J connectivity index is 1.96. The molecule has 1 saturated carbocycles. The Bertz CT molecular complexity index is 343. The molecule has 1 aromatic rings. The average molecular weight is 234 g/mol. The molecule has 0 amide bonds. The number of hydrogen-bond donors (Lipinski definition) is 1. The first kappa shape index (κ1) is 12.3. The molecule has 0 aliphatic heterocycles. The lowest BCUT2D eigenvalue weighted by atomic mass is 10.2. The van der Waals surface area contributed by atoms with E-state index in [-0.39, 0.29) is 0 Å². The van der Waals surface area contributed by atoms with Crippen LogP contribution in [-0.4, -0.2) is 34.5 Å². The molecule has 1 N–H and O–H groups in total. The second kappa shape index (κ2) is 5.45. The molecule has 2 rings (SSSR count). The molecule has 1 fully saturated rings. The van der Waals surface area contributed by atoms with Crippen molar-refractivity contribution in [2.45, 2.75) is 39.3 Å². The van der Waals surface area contributed by atoms with Gasteiger partial charge in [0.1, 0.15) is 5.82 Å². The van der Waals surface area contributed by atoms with Gasteiger partial charge in [-0.1, -0.05) is 13.8 Å². The summed E-state index contributed by atoms with van der Waals surface area (Å²) in [6.45, 7) is 6.62. The maximum Gasteiger partial charge on any atom is 0.144 e. The zero-order valence-corrected chi connectivity index (χ0v) is 11.0. The first-order valence-electron chi connectivity index (χ1n) is 6.41. The van der Waals surface area contributed by atoms with E-state index in [2.05, 4.69) is 34.0 Å². The second-order valence-corrected chi connectivity index (χ2v) is 5.20. The Labute approximate surface area is 103 Å². The molecule has 4 heteroatoms. The average Bonchev–Trinajstić information content (AvgIpc) is 3.12. The Morgan fingerprint density at radius 1 is 1.35 bits per heavy atom. The second-order valence-electron chi connectivity index (χ2n) is 5.20. The number of hydrogen-bond acceptors (Lipinski definition) is 4. The van der Waals surface area contributed by atoms with Gasteiger partial charge in [-0.3, -0.25) is 9.88 Å². The van der Waals surface area contributed by atoms with Crippen molar-refractivity contribution in [1.82, 2.24) is 14.9 Å². The molecule has 17 heavy (non-hydrogen) atoms. The van der Waals surface area contributed by atoms with Crippen LogP contribution in [0.5, 0.6) is 0 Å². The van der Waals surface area contributed by atoms with Crippen LogP contribution in [0.3, 0.4) is 0 Å². The number of anilines is 1. The fourth-order valence-corrected chi connectivity index (χ4v) is 2.03. The van der Waals surface area contributed by atoms with Gasteiger partial charge in [-0.15, -0.1) is 0 Å². The highest BCUT2D eigenvalue weighted by Crippen LogP contribution is 2.28. The topological polar surface area (TPSA) is 41.1 Å². The van der Waals surface area contributed by atoms with E-state index in [0.29, 0.717) is 5.92 Å². The summed E-state index contributed by atoms with van der Waals surface area (Å²) >= 11 is 0. The highest BCUT2D eigenvalue weighted by molar-refractivity contribution is 5.29. The normalized spacial score (nSPS) is 15.6. The van der Waals surface area contributed by atoms with Crippen molar-refractivity contribution in [2.75, 3.05) is 18.9 Å².